The second-order valence-corrected chi connectivity index (χ2v) is 3.79. The summed E-state index contributed by atoms with van der Waals surface area (Å²) in [5, 5.41) is 3.49. The third-order valence-electron chi connectivity index (χ3n) is 2.54. The summed E-state index contributed by atoms with van der Waals surface area (Å²) in [5.74, 6) is 0. The van der Waals surface area contributed by atoms with Crippen LogP contribution >= 0.6 is 11.6 Å². The van der Waals surface area contributed by atoms with Crippen LogP contribution in [0.2, 0.25) is 0 Å². The lowest BCUT2D eigenvalue weighted by Gasteiger charge is -2.28. The molecule has 0 unspecified atom stereocenters. The molecule has 12 heavy (non-hydrogen) atoms. The van der Waals surface area contributed by atoms with Gasteiger partial charge in [-0.15, -0.1) is 0 Å². The van der Waals surface area contributed by atoms with Crippen LogP contribution in [-0.4, -0.2) is 12.1 Å². The topological polar surface area (TPSA) is 12.0 Å². The molecule has 72 valence electrons. The van der Waals surface area contributed by atoms with Gasteiger partial charge in [-0.2, -0.15) is 0 Å². The quantitative estimate of drug-likeness (QED) is 0.700. The molecule has 0 aromatic heterocycles. The normalized spacial score (nSPS) is 13.6. The number of hydrogen-bond donors (Lipinski definition) is 1. The fourth-order valence-electron chi connectivity index (χ4n) is 0.891. The molecular formula is C10H20ClN. The van der Waals surface area contributed by atoms with Crippen LogP contribution in [0.3, 0.4) is 0 Å². The van der Waals surface area contributed by atoms with E-state index in [0.717, 1.165) is 19.4 Å². The standard InChI is InChI=1S/C10H20ClN/c1-5-10(4,6-2)12-8-9(3)7-11/h7,12H,5-6,8H2,1-4H3. The highest BCUT2D eigenvalue weighted by Gasteiger charge is 2.17. The van der Waals surface area contributed by atoms with Gasteiger partial charge >= 0.3 is 0 Å². The smallest absolute Gasteiger partial charge is 0.0178 e. The number of halogens is 1. The largest absolute Gasteiger partial charge is 0.308 e. The predicted molar refractivity (Wildman–Crippen MR) is 56.6 cm³/mol. The molecule has 0 saturated carbocycles. The van der Waals surface area contributed by atoms with Gasteiger partial charge in [0.2, 0.25) is 0 Å². The van der Waals surface area contributed by atoms with Crippen LogP contribution in [0.1, 0.15) is 40.5 Å². The maximum Gasteiger partial charge on any atom is 0.0178 e. The van der Waals surface area contributed by atoms with E-state index in [1.807, 2.05) is 6.92 Å². The van der Waals surface area contributed by atoms with E-state index < -0.39 is 0 Å². The van der Waals surface area contributed by atoms with Crippen LogP contribution in [0.25, 0.3) is 0 Å². The minimum atomic E-state index is 0.265. The Morgan fingerprint density at radius 3 is 2.25 bits per heavy atom. The van der Waals surface area contributed by atoms with Crippen molar-refractivity contribution < 1.29 is 0 Å². The van der Waals surface area contributed by atoms with Crippen molar-refractivity contribution in [2.24, 2.45) is 0 Å². The Labute approximate surface area is 81.2 Å². The highest BCUT2D eigenvalue weighted by Crippen LogP contribution is 2.13. The number of rotatable bonds is 5. The summed E-state index contributed by atoms with van der Waals surface area (Å²) >= 11 is 5.57. The first-order valence-electron chi connectivity index (χ1n) is 4.59. The zero-order chi connectivity index (χ0) is 9.61. The van der Waals surface area contributed by atoms with Gasteiger partial charge in [-0.25, -0.2) is 0 Å². The molecule has 1 nitrogen and oxygen atoms in total. The Balaban J connectivity index is 3.89. The molecule has 0 aliphatic carbocycles. The molecule has 0 aromatic rings. The molecule has 0 spiro atoms. The Kier molecular flexibility index (Phi) is 5.60. The average Bonchev–Trinajstić information content (AvgIpc) is 2.13. The lowest BCUT2D eigenvalue weighted by Crippen LogP contribution is -2.41. The highest BCUT2D eigenvalue weighted by molar-refractivity contribution is 6.25. The SMILES string of the molecule is CCC(C)(CC)NCC(C)=CCl. The van der Waals surface area contributed by atoms with Crippen LogP contribution in [0.15, 0.2) is 11.1 Å². The molecule has 0 heterocycles. The summed E-state index contributed by atoms with van der Waals surface area (Å²) in [6.45, 7) is 9.58. The van der Waals surface area contributed by atoms with E-state index in [1.54, 1.807) is 5.54 Å². The summed E-state index contributed by atoms with van der Waals surface area (Å²) in [6.07, 6.45) is 2.30. The Hall–Kier alpha value is -0.0100. The maximum absolute atomic E-state index is 5.57. The summed E-state index contributed by atoms with van der Waals surface area (Å²) in [6, 6.07) is 0. The summed E-state index contributed by atoms with van der Waals surface area (Å²) < 4.78 is 0. The van der Waals surface area contributed by atoms with Crippen molar-refractivity contribution >= 4 is 11.6 Å². The van der Waals surface area contributed by atoms with Crippen LogP contribution < -0.4 is 5.32 Å². The first kappa shape index (κ1) is 12.0. The van der Waals surface area contributed by atoms with Crippen molar-refractivity contribution in [3.05, 3.63) is 11.1 Å². The summed E-state index contributed by atoms with van der Waals surface area (Å²) in [7, 11) is 0. The van der Waals surface area contributed by atoms with Gasteiger partial charge in [-0.3, -0.25) is 0 Å². The molecule has 0 aliphatic heterocycles. The zero-order valence-electron chi connectivity index (χ0n) is 8.58. The minimum Gasteiger partial charge on any atom is -0.308 e. The van der Waals surface area contributed by atoms with E-state index in [1.165, 1.54) is 5.57 Å². The predicted octanol–water partition coefficient (Wildman–Crippen LogP) is 3.30. The molecular weight excluding hydrogens is 170 g/mol. The summed E-state index contributed by atoms with van der Waals surface area (Å²) in [4.78, 5) is 0. The van der Waals surface area contributed by atoms with E-state index in [0.29, 0.717) is 0 Å². The van der Waals surface area contributed by atoms with Crippen LogP contribution in [0, 0.1) is 0 Å². The van der Waals surface area contributed by atoms with Gasteiger partial charge in [0.05, 0.1) is 0 Å². The molecule has 0 radical (unpaired) electrons. The molecule has 0 aliphatic rings. The van der Waals surface area contributed by atoms with Crippen molar-refractivity contribution in [2.45, 2.75) is 46.1 Å². The molecule has 0 fully saturated rings. The number of nitrogens with one attached hydrogen (secondary N) is 1. The Bertz CT molecular complexity index is 148. The van der Waals surface area contributed by atoms with Crippen molar-refractivity contribution in [1.29, 1.82) is 0 Å². The minimum absolute atomic E-state index is 0.265. The van der Waals surface area contributed by atoms with E-state index >= 15 is 0 Å². The molecule has 0 amide bonds. The zero-order valence-corrected chi connectivity index (χ0v) is 9.33. The van der Waals surface area contributed by atoms with Crippen molar-refractivity contribution in [1.82, 2.24) is 5.32 Å². The van der Waals surface area contributed by atoms with E-state index in [4.69, 9.17) is 11.6 Å². The first-order chi connectivity index (χ1) is 5.58. The number of hydrogen-bond acceptors (Lipinski definition) is 1. The Morgan fingerprint density at radius 1 is 1.42 bits per heavy atom. The van der Waals surface area contributed by atoms with Gasteiger partial charge in [0, 0.05) is 17.6 Å². The van der Waals surface area contributed by atoms with E-state index in [9.17, 15) is 0 Å². The van der Waals surface area contributed by atoms with Gasteiger partial charge < -0.3 is 5.32 Å². The van der Waals surface area contributed by atoms with Crippen molar-refractivity contribution in [3.63, 3.8) is 0 Å². The summed E-state index contributed by atoms with van der Waals surface area (Å²) in [5.41, 5.74) is 3.09. The average molecular weight is 190 g/mol. The molecule has 1 N–H and O–H groups in total. The maximum atomic E-state index is 5.57. The second-order valence-electron chi connectivity index (χ2n) is 3.58. The molecule has 2 heteroatoms. The highest BCUT2D eigenvalue weighted by atomic mass is 35.5. The fraction of sp³-hybridized carbons (Fsp3) is 0.800. The van der Waals surface area contributed by atoms with Crippen LogP contribution in [0.4, 0.5) is 0 Å². The molecule has 0 rings (SSSR count). The van der Waals surface area contributed by atoms with Crippen LogP contribution in [-0.2, 0) is 0 Å². The molecule has 0 bridgehead atoms. The molecule has 0 atom stereocenters. The monoisotopic (exact) mass is 189 g/mol. The van der Waals surface area contributed by atoms with E-state index in [-0.39, 0.29) is 5.54 Å². The second kappa shape index (κ2) is 5.60. The van der Waals surface area contributed by atoms with Crippen LogP contribution in [0.5, 0.6) is 0 Å². The van der Waals surface area contributed by atoms with E-state index in [2.05, 4.69) is 26.1 Å². The van der Waals surface area contributed by atoms with Gasteiger partial charge in [0.15, 0.2) is 0 Å². The van der Waals surface area contributed by atoms with Gasteiger partial charge in [-0.1, -0.05) is 25.4 Å². The van der Waals surface area contributed by atoms with Gasteiger partial charge in [0.1, 0.15) is 0 Å². The lowest BCUT2D eigenvalue weighted by molar-refractivity contribution is 0.343. The van der Waals surface area contributed by atoms with Crippen molar-refractivity contribution in [2.75, 3.05) is 6.54 Å². The fourth-order valence-corrected chi connectivity index (χ4v) is 0.969. The third-order valence-corrected chi connectivity index (χ3v) is 2.91. The van der Waals surface area contributed by atoms with Crippen molar-refractivity contribution in [3.8, 4) is 0 Å². The lowest BCUT2D eigenvalue weighted by atomic mass is 9.95. The van der Waals surface area contributed by atoms with Gasteiger partial charge in [0.25, 0.3) is 0 Å². The third kappa shape index (κ3) is 4.13. The first-order valence-corrected chi connectivity index (χ1v) is 5.02. The van der Waals surface area contributed by atoms with Gasteiger partial charge in [-0.05, 0) is 32.3 Å². The molecule has 0 saturated heterocycles. The Morgan fingerprint density at radius 2 is 1.92 bits per heavy atom. The molecule has 0 aromatic carbocycles.